The normalized spacial score (nSPS) is 10.4. The molecule has 0 aromatic heterocycles. The summed E-state index contributed by atoms with van der Waals surface area (Å²) in [5.41, 5.74) is 2.52. The molecule has 0 aliphatic rings. The van der Waals surface area contributed by atoms with Gasteiger partial charge in [-0.1, -0.05) is 62.9 Å². The summed E-state index contributed by atoms with van der Waals surface area (Å²) in [7, 11) is 0. The highest BCUT2D eigenvalue weighted by atomic mass is 32.1. The lowest BCUT2D eigenvalue weighted by molar-refractivity contribution is 0.0977. The molecular weight excluding hydrogens is 456 g/mol. The third-order valence-electron chi connectivity index (χ3n) is 5.47. The molecule has 0 bridgehead atoms. The zero-order chi connectivity index (χ0) is 24.7. The molecule has 1 amide bonds. The number of amides is 1. The van der Waals surface area contributed by atoms with Crippen molar-refractivity contribution in [3.63, 3.8) is 0 Å². The first-order valence-electron chi connectivity index (χ1n) is 12.3. The Balaban J connectivity index is 1.37. The van der Waals surface area contributed by atoms with E-state index >= 15 is 0 Å². The molecular formula is C29H34N2O3S. The summed E-state index contributed by atoms with van der Waals surface area (Å²) in [6.07, 6.45) is 6.89. The molecule has 0 heterocycles. The van der Waals surface area contributed by atoms with Gasteiger partial charge in [-0.3, -0.25) is 10.1 Å². The van der Waals surface area contributed by atoms with Crippen molar-refractivity contribution < 1.29 is 14.3 Å². The van der Waals surface area contributed by atoms with E-state index in [9.17, 15) is 4.79 Å². The maximum atomic E-state index is 12.5. The molecule has 0 aliphatic carbocycles. The third-order valence-corrected chi connectivity index (χ3v) is 5.68. The van der Waals surface area contributed by atoms with Crippen LogP contribution < -0.4 is 20.1 Å². The Labute approximate surface area is 213 Å². The van der Waals surface area contributed by atoms with Gasteiger partial charge in [0.2, 0.25) is 0 Å². The summed E-state index contributed by atoms with van der Waals surface area (Å²) in [4.78, 5) is 12.5. The minimum atomic E-state index is -0.277. The number of anilines is 1. The predicted octanol–water partition coefficient (Wildman–Crippen LogP) is 6.78. The predicted molar refractivity (Wildman–Crippen MR) is 146 cm³/mol. The SMILES string of the molecule is CCCCCCCOc1ccc(NC(=S)NC(=O)c2ccc(OCCc3ccccc3)cc2)cc1. The van der Waals surface area contributed by atoms with Gasteiger partial charge in [0.1, 0.15) is 11.5 Å². The molecule has 0 spiro atoms. The molecule has 0 atom stereocenters. The molecule has 0 radical (unpaired) electrons. The fourth-order valence-corrected chi connectivity index (χ4v) is 3.71. The first-order valence-corrected chi connectivity index (χ1v) is 12.7. The van der Waals surface area contributed by atoms with Crippen LogP contribution in [0.1, 0.15) is 54.9 Å². The minimum Gasteiger partial charge on any atom is -0.494 e. The van der Waals surface area contributed by atoms with Crippen LogP contribution in [0, 0.1) is 0 Å². The summed E-state index contributed by atoms with van der Waals surface area (Å²) in [6.45, 7) is 3.51. The van der Waals surface area contributed by atoms with Crippen molar-refractivity contribution in [2.75, 3.05) is 18.5 Å². The summed E-state index contributed by atoms with van der Waals surface area (Å²) >= 11 is 5.30. The minimum absolute atomic E-state index is 0.239. The molecule has 3 rings (SSSR count). The highest BCUT2D eigenvalue weighted by Gasteiger charge is 2.09. The van der Waals surface area contributed by atoms with Crippen molar-refractivity contribution in [1.82, 2.24) is 5.32 Å². The van der Waals surface area contributed by atoms with E-state index < -0.39 is 0 Å². The van der Waals surface area contributed by atoms with Gasteiger partial charge in [0.15, 0.2) is 5.11 Å². The van der Waals surface area contributed by atoms with E-state index in [0.29, 0.717) is 12.2 Å². The molecule has 3 aromatic carbocycles. The number of rotatable bonds is 13. The fraction of sp³-hybridized carbons (Fsp3) is 0.310. The van der Waals surface area contributed by atoms with E-state index in [-0.39, 0.29) is 11.0 Å². The van der Waals surface area contributed by atoms with Crippen molar-refractivity contribution in [1.29, 1.82) is 0 Å². The average molecular weight is 491 g/mol. The van der Waals surface area contributed by atoms with Gasteiger partial charge in [-0.05, 0) is 72.7 Å². The molecule has 6 heteroatoms. The van der Waals surface area contributed by atoms with Gasteiger partial charge in [0.25, 0.3) is 5.91 Å². The second kappa shape index (κ2) is 14.8. The lowest BCUT2D eigenvalue weighted by Crippen LogP contribution is -2.34. The Morgan fingerprint density at radius 3 is 2.09 bits per heavy atom. The zero-order valence-corrected chi connectivity index (χ0v) is 21.1. The molecule has 0 saturated heterocycles. The van der Waals surface area contributed by atoms with Crippen LogP contribution in [-0.4, -0.2) is 24.2 Å². The van der Waals surface area contributed by atoms with E-state index in [1.165, 1.54) is 31.2 Å². The number of hydrogen-bond acceptors (Lipinski definition) is 4. The van der Waals surface area contributed by atoms with Crippen LogP contribution in [0.2, 0.25) is 0 Å². The van der Waals surface area contributed by atoms with Gasteiger partial charge < -0.3 is 14.8 Å². The van der Waals surface area contributed by atoms with E-state index in [0.717, 1.165) is 36.6 Å². The van der Waals surface area contributed by atoms with Crippen LogP contribution in [0.5, 0.6) is 11.5 Å². The summed E-state index contributed by atoms with van der Waals surface area (Å²) in [5, 5.41) is 5.98. The number of ether oxygens (including phenoxy) is 2. The molecule has 0 fully saturated rings. The Morgan fingerprint density at radius 2 is 1.40 bits per heavy atom. The van der Waals surface area contributed by atoms with Crippen LogP contribution in [0.4, 0.5) is 5.69 Å². The second-order valence-electron chi connectivity index (χ2n) is 8.30. The maximum absolute atomic E-state index is 12.5. The fourth-order valence-electron chi connectivity index (χ4n) is 3.50. The van der Waals surface area contributed by atoms with Gasteiger partial charge in [-0.25, -0.2) is 0 Å². The van der Waals surface area contributed by atoms with E-state index in [1.54, 1.807) is 24.3 Å². The number of unbranched alkanes of at least 4 members (excludes halogenated alkanes) is 4. The summed E-state index contributed by atoms with van der Waals surface area (Å²) in [6, 6.07) is 24.8. The largest absolute Gasteiger partial charge is 0.494 e. The molecule has 3 aromatic rings. The molecule has 2 N–H and O–H groups in total. The van der Waals surface area contributed by atoms with Crippen molar-refractivity contribution in [2.24, 2.45) is 0 Å². The standard InChI is InChI=1S/C29H34N2O3S/c1-2-3-4-5-9-21-33-27-18-14-25(15-19-27)30-29(35)31-28(32)24-12-16-26(17-13-24)34-22-20-23-10-7-6-8-11-23/h6-8,10-19H,2-5,9,20-22H2,1H3,(H2,30,31,32,35). The van der Waals surface area contributed by atoms with Crippen LogP contribution in [0.3, 0.4) is 0 Å². The molecule has 0 unspecified atom stereocenters. The first-order chi connectivity index (χ1) is 17.1. The number of nitrogens with one attached hydrogen (secondary N) is 2. The first kappa shape index (κ1) is 26.2. The Hall–Kier alpha value is -3.38. The van der Waals surface area contributed by atoms with Crippen LogP contribution >= 0.6 is 12.2 Å². The summed E-state index contributed by atoms with van der Waals surface area (Å²) in [5.74, 6) is 1.27. The van der Waals surface area contributed by atoms with Gasteiger partial charge in [-0.2, -0.15) is 0 Å². The second-order valence-corrected chi connectivity index (χ2v) is 8.71. The monoisotopic (exact) mass is 490 g/mol. The van der Waals surface area contributed by atoms with Crippen LogP contribution in [0.15, 0.2) is 78.9 Å². The van der Waals surface area contributed by atoms with Crippen molar-refractivity contribution in [3.05, 3.63) is 90.0 Å². The number of benzene rings is 3. The van der Waals surface area contributed by atoms with E-state index in [4.69, 9.17) is 21.7 Å². The number of carbonyl (C=O) groups is 1. The van der Waals surface area contributed by atoms with Crippen LogP contribution in [-0.2, 0) is 6.42 Å². The molecule has 5 nitrogen and oxygen atoms in total. The van der Waals surface area contributed by atoms with Gasteiger partial charge in [-0.15, -0.1) is 0 Å². The average Bonchev–Trinajstić information content (AvgIpc) is 2.88. The van der Waals surface area contributed by atoms with Crippen molar-refractivity contribution in [3.8, 4) is 11.5 Å². The van der Waals surface area contributed by atoms with Gasteiger partial charge in [0, 0.05) is 17.7 Å². The van der Waals surface area contributed by atoms with E-state index in [1.807, 2.05) is 42.5 Å². The number of thiocarbonyl (C=S) groups is 1. The summed E-state index contributed by atoms with van der Waals surface area (Å²) < 4.78 is 11.6. The molecule has 0 saturated carbocycles. The molecule has 0 aliphatic heterocycles. The maximum Gasteiger partial charge on any atom is 0.257 e. The smallest absolute Gasteiger partial charge is 0.257 e. The Morgan fingerprint density at radius 1 is 0.771 bits per heavy atom. The molecule has 184 valence electrons. The van der Waals surface area contributed by atoms with Crippen molar-refractivity contribution >= 4 is 28.9 Å². The number of carbonyl (C=O) groups excluding carboxylic acids is 1. The lowest BCUT2D eigenvalue weighted by Gasteiger charge is -2.11. The van der Waals surface area contributed by atoms with Crippen LogP contribution in [0.25, 0.3) is 0 Å². The zero-order valence-electron chi connectivity index (χ0n) is 20.3. The molecule has 35 heavy (non-hydrogen) atoms. The topological polar surface area (TPSA) is 59.6 Å². The highest BCUT2D eigenvalue weighted by molar-refractivity contribution is 7.80. The van der Waals surface area contributed by atoms with Gasteiger partial charge in [0.05, 0.1) is 13.2 Å². The Bertz CT molecular complexity index is 1040. The van der Waals surface area contributed by atoms with Gasteiger partial charge >= 0.3 is 0 Å². The van der Waals surface area contributed by atoms with Crippen molar-refractivity contribution in [2.45, 2.75) is 45.4 Å². The quantitative estimate of drug-likeness (QED) is 0.204. The lowest BCUT2D eigenvalue weighted by atomic mass is 10.2. The highest BCUT2D eigenvalue weighted by Crippen LogP contribution is 2.17. The van der Waals surface area contributed by atoms with E-state index in [2.05, 4.69) is 29.7 Å². The Kier molecular flexibility index (Phi) is 11.1. The number of hydrogen-bond donors (Lipinski definition) is 2. The third kappa shape index (κ3) is 9.79.